The van der Waals surface area contributed by atoms with Gasteiger partial charge in [-0.1, -0.05) is 13.8 Å². The predicted octanol–water partition coefficient (Wildman–Crippen LogP) is 1.86. The molecule has 1 fully saturated rings. The van der Waals surface area contributed by atoms with E-state index >= 15 is 0 Å². The lowest BCUT2D eigenvalue weighted by atomic mass is 9.78. The highest BCUT2D eigenvalue weighted by Crippen LogP contribution is 2.33. The van der Waals surface area contributed by atoms with Gasteiger partial charge in [-0.15, -0.1) is 0 Å². The van der Waals surface area contributed by atoms with E-state index in [4.69, 9.17) is 5.26 Å². The fourth-order valence-electron chi connectivity index (χ4n) is 2.42. The smallest absolute Gasteiger partial charge is 0.0622 e. The summed E-state index contributed by atoms with van der Waals surface area (Å²) in [7, 11) is 2.20. The number of rotatable bonds is 6. The molecule has 92 valence electrons. The Morgan fingerprint density at radius 3 is 2.81 bits per heavy atom. The van der Waals surface area contributed by atoms with Crippen LogP contribution in [0.5, 0.6) is 0 Å². The van der Waals surface area contributed by atoms with Crippen molar-refractivity contribution < 1.29 is 0 Å². The molecule has 1 aliphatic heterocycles. The van der Waals surface area contributed by atoms with Crippen molar-refractivity contribution in [3.8, 4) is 6.07 Å². The standard InChI is InChI=1S/C13H25N3/c1-13(2,11-15-8-5-4-7-14)12-6-9-16(3)10-12/h12,15H,4-6,8-11H2,1-3H3. The van der Waals surface area contributed by atoms with Gasteiger partial charge in [0.05, 0.1) is 6.07 Å². The number of hydrogen-bond acceptors (Lipinski definition) is 3. The lowest BCUT2D eigenvalue weighted by Crippen LogP contribution is -2.37. The Hall–Kier alpha value is -0.590. The molecule has 1 atom stereocenters. The van der Waals surface area contributed by atoms with Crippen LogP contribution in [-0.2, 0) is 0 Å². The highest BCUT2D eigenvalue weighted by Gasteiger charge is 2.33. The van der Waals surface area contributed by atoms with Crippen molar-refractivity contribution in [1.29, 1.82) is 5.26 Å². The highest BCUT2D eigenvalue weighted by molar-refractivity contribution is 4.86. The maximum atomic E-state index is 8.44. The molecule has 0 radical (unpaired) electrons. The average molecular weight is 223 g/mol. The molecular weight excluding hydrogens is 198 g/mol. The minimum atomic E-state index is 0.372. The van der Waals surface area contributed by atoms with Crippen LogP contribution in [0.1, 0.15) is 33.1 Å². The van der Waals surface area contributed by atoms with Crippen molar-refractivity contribution >= 4 is 0 Å². The molecule has 0 aromatic heterocycles. The fourth-order valence-corrected chi connectivity index (χ4v) is 2.42. The zero-order valence-electron chi connectivity index (χ0n) is 10.9. The Bertz CT molecular complexity index is 242. The average Bonchev–Trinajstić information content (AvgIpc) is 2.65. The first-order valence-electron chi connectivity index (χ1n) is 6.32. The monoisotopic (exact) mass is 223 g/mol. The van der Waals surface area contributed by atoms with Gasteiger partial charge in [0, 0.05) is 19.5 Å². The molecule has 1 aliphatic rings. The Balaban J connectivity index is 2.21. The molecule has 0 aliphatic carbocycles. The van der Waals surface area contributed by atoms with Gasteiger partial charge in [-0.2, -0.15) is 5.26 Å². The van der Waals surface area contributed by atoms with Gasteiger partial charge in [0.25, 0.3) is 0 Å². The van der Waals surface area contributed by atoms with Crippen LogP contribution < -0.4 is 5.32 Å². The Labute approximate surface area is 99.8 Å². The van der Waals surface area contributed by atoms with Gasteiger partial charge >= 0.3 is 0 Å². The maximum absolute atomic E-state index is 8.44. The van der Waals surface area contributed by atoms with Crippen LogP contribution in [0.15, 0.2) is 0 Å². The van der Waals surface area contributed by atoms with Crippen LogP contribution in [0.3, 0.4) is 0 Å². The van der Waals surface area contributed by atoms with Gasteiger partial charge in [-0.05, 0) is 44.3 Å². The van der Waals surface area contributed by atoms with Crippen LogP contribution in [0, 0.1) is 22.7 Å². The molecule has 0 spiro atoms. The summed E-state index contributed by atoms with van der Waals surface area (Å²) in [5.74, 6) is 0.806. The summed E-state index contributed by atoms with van der Waals surface area (Å²) in [6, 6.07) is 2.18. The summed E-state index contributed by atoms with van der Waals surface area (Å²) in [4.78, 5) is 2.42. The van der Waals surface area contributed by atoms with E-state index in [1.165, 1.54) is 19.5 Å². The number of hydrogen-bond donors (Lipinski definition) is 1. The SMILES string of the molecule is CN1CCC(C(C)(C)CNCCCC#N)C1. The van der Waals surface area contributed by atoms with E-state index in [2.05, 4.69) is 37.2 Å². The van der Waals surface area contributed by atoms with Crippen molar-refractivity contribution in [3.63, 3.8) is 0 Å². The number of nitriles is 1. The van der Waals surface area contributed by atoms with Gasteiger partial charge < -0.3 is 10.2 Å². The van der Waals surface area contributed by atoms with Gasteiger partial charge in [-0.25, -0.2) is 0 Å². The first kappa shape index (κ1) is 13.5. The summed E-state index contributed by atoms with van der Waals surface area (Å²) in [5.41, 5.74) is 0.372. The van der Waals surface area contributed by atoms with Crippen LogP contribution in [-0.4, -0.2) is 38.1 Å². The summed E-state index contributed by atoms with van der Waals surface area (Å²) in [5, 5.41) is 11.9. The van der Waals surface area contributed by atoms with Crippen molar-refractivity contribution in [2.45, 2.75) is 33.1 Å². The fraction of sp³-hybridized carbons (Fsp3) is 0.923. The third-order valence-electron chi connectivity index (χ3n) is 3.72. The molecule has 1 rings (SSSR count). The van der Waals surface area contributed by atoms with Crippen molar-refractivity contribution in [2.24, 2.45) is 11.3 Å². The number of nitrogens with one attached hydrogen (secondary N) is 1. The maximum Gasteiger partial charge on any atom is 0.0622 e. The van der Waals surface area contributed by atoms with Crippen LogP contribution in [0.2, 0.25) is 0 Å². The quantitative estimate of drug-likeness (QED) is 0.699. The zero-order chi connectivity index (χ0) is 12.0. The second kappa shape index (κ2) is 6.22. The minimum Gasteiger partial charge on any atom is -0.316 e. The third kappa shape index (κ3) is 4.11. The lowest BCUT2D eigenvalue weighted by Gasteiger charge is -2.32. The molecule has 3 heteroatoms. The minimum absolute atomic E-state index is 0.372. The molecule has 1 saturated heterocycles. The summed E-state index contributed by atoms with van der Waals surface area (Å²) in [6.45, 7) is 9.22. The Morgan fingerprint density at radius 2 is 2.25 bits per heavy atom. The van der Waals surface area contributed by atoms with Crippen molar-refractivity contribution in [2.75, 3.05) is 33.2 Å². The lowest BCUT2D eigenvalue weighted by molar-refractivity contribution is 0.207. The second-order valence-electron chi connectivity index (χ2n) is 5.67. The number of unbranched alkanes of at least 4 members (excludes halogenated alkanes) is 1. The molecular formula is C13H25N3. The van der Waals surface area contributed by atoms with Gasteiger partial charge in [0.1, 0.15) is 0 Å². The molecule has 0 bridgehead atoms. The van der Waals surface area contributed by atoms with E-state index in [1.54, 1.807) is 0 Å². The topological polar surface area (TPSA) is 39.1 Å². The molecule has 1 N–H and O–H groups in total. The molecule has 0 amide bonds. The van der Waals surface area contributed by atoms with Crippen LogP contribution >= 0.6 is 0 Å². The Morgan fingerprint density at radius 1 is 1.50 bits per heavy atom. The summed E-state index contributed by atoms with van der Waals surface area (Å²) in [6.07, 6.45) is 2.96. The highest BCUT2D eigenvalue weighted by atomic mass is 15.1. The first-order chi connectivity index (χ1) is 7.56. The van der Waals surface area contributed by atoms with Crippen LogP contribution in [0.25, 0.3) is 0 Å². The molecule has 3 nitrogen and oxygen atoms in total. The molecule has 16 heavy (non-hydrogen) atoms. The summed E-state index contributed by atoms with van der Waals surface area (Å²) >= 11 is 0. The van der Waals surface area contributed by atoms with Gasteiger partial charge in [0.15, 0.2) is 0 Å². The zero-order valence-corrected chi connectivity index (χ0v) is 10.9. The third-order valence-corrected chi connectivity index (χ3v) is 3.72. The van der Waals surface area contributed by atoms with E-state index in [0.717, 1.165) is 25.4 Å². The molecule has 0 aromatic rings. The molecule has 1 heterocycles. The molecule has 0 saturated carbocycles. The Kier molecular flexibility index (Phi) is 5.24. The van der Waals surface area contributed by atoms with E-state index in [9.17, 15) is 0 Å². The normalized spacial score (nSPS) is 22.2. The van der Waals surface area contributed by atoms with E-state index in [1.807, 2.05) is 0 Å². The van der Waals surface area contributed by atoms with E-state index in [0.29, 0.717) is 11.8 Å². The van der Waals surface area contributed by atoms with Gasteiger partial charge in [0.2, 0.25) is 0 Å². The van der Waals surface area contributed by atoms with Crippen molar-refractivity contribution in [3.05, 3.63) is 0 Å². The van der Waals surface area contributed by atoms with E-state index in [-0.39, 0.29) is 0 Å². The predicted molar refractivity (Wildman–Crippen MR) is 67.1 cm³/mol. The van der Waals surface area contributed by atoms with Crippen molar-refractivity contribution in [1.82, 2.24) is 10.2 Å². The number of nitrogens with zero attached hydrogens (tertiary/aromatic N) is 2. The largest absolute Gasteiger partial charge is 0.316 e. The van der Waals surface area contributed by atoms with Crippen LogP contribution in [0.4, 0.5) is 0 Å². The molecule has 1 unspecified atom stereocenters. The second-order valence-corrected chi connectivity index (χ2v) is 5.67. The first-order valence-corrected chi connectivity index (χ1v) is 6.32. The molecule has 0 aromatic carbocycles. The summed E-state index contributed by atoms with van der Waals surface area (Å²) < 4.78 is 0. The van der Waals surface area contributed by atoms with E-state index < -0.39 is 0 Å². The number of likely N-dealkylation sites (tertiary alicyclic amines) is 1. The van der Waals surface area contributed by atoms with Gasteiger partial charge in [-0.3, -0.25) is 0 Å².